The highest BCUT2D eigenvalue weighted by molar-refractivity contribution is 5.87. The number of allylic oxidation sites excluding steroid dienone is 1. The van der Waals surface area contributed by atoms with Crippen molar-refractivity contribution in [1.82, 2.24) is 4.98 Å². The highest BCUT2D eigenvalue weighted by Gasteiger charge is 2.07. The first-order valence-electron chi connectivity index (χ1n) is 5.01. The number of ether oxygens (including phenoxy) is 1. The van der Waals surface area contributed by atoms with E-state index in [1.165, 1.54) is 0 Å². The molecule has 2 aromatic rings. The number of pyridine rings is 1. The quantitative estimate of drug-likeness (QED) is 0.800. The van der Waals surface area contributed by atoms with Gasteiger partial charge < -0.3 is 9.84 Å². The van der Waals surface area contributed by atoms with Crippen LogP contribution in [0.5, 0.6) is 11.5 Å². The number of aromatic hydroxyl groups is 1. The SMILES string of the molecule is C=CCc1cnc2ccc(OC)cc2c1O. The largest absolute Gasteiger partial charge is 0.507 e. The summed E-state index contributed by atoms with van der Waals surface area (Å²) in [6.07, 6.45) is 4.01. The lowest BCUT2D eigenvalue weighted by Gasteiger charge is -2.07. The minimum atomic E-state index is 0.254. The predicted octanol–water partition coefficient (Wildman–Crippen LogP) is 2.68. The van der Waals surface area contributed by atoms with Crippen molar-refractivity contribution in [2.45, 2.75) is 6.42 Å². The molecule has 0 aliphatic carbocycles. The Labute approximate surface area is 94.0 Å². The predicted molar refractivity (Wildman–Crippen MR) is 63.9 cm³/mol. The van der Waals surface area contributed by atoms with Crippen molar-refractivity contribution in [3.05, 3.63) is 42.6 Å². The van der Waals surface area contributed by atoms with Gasteiger partial charge in [-0.25, -0.2) is 0 Å². The monoisotopic (exact) mass is 215 g/mol. The van der Waals surface area contributed by atoms with E-state index in [4.69, 9.17) is 4.74 Å². The van der Waals surface area contributed by atoms with Crippen LogP contribution in [0, 0.1) is 0 Å². The summed E-state index contributed by atoms with van der Waals surface area (Å²) in [6.45, 7) is 3.65. The Bertz CT molecular complexity index is 535. The molecule has 0 unspecified atom stereocenters. The highest BCUT2D eigenvalue weighted by Crippen LogP contribution is 2.30. The molecular weight excluding hydrogens is 202 g/mol. The molecule has 1 heterocycles. The molecule has 1 aromatic heterocycles. The van der Waals surface area contributed by atoms with Gasteiger partial charge in [0.1, 0.15) is 11.5 Å². The van der Waals surface area contributed by atoms with Crippen molar-refractivity contribution in [2.24, 2.45) is 0 Å². The number of rotatable bonds is 3. The van der Waals surface area contributed by atoms with Crippen LogP contribution in [0.2, 0.25) is 0 Å². The van der Waals surface area contributed by atoms with Gasteiger partial charge in [-0.3, -0.25) is 4.98 Å². The Hall–Kier alpha value is -2.03. The summed E-state index contributed by atoms with van der Waals surface area (Å²) in [5.74, 6) is 0.962. The molecule has 1 aromatic carbocycles. The summed E-state index contributed by atoms with van der Waals surface area (Å²) in [4.78, 5) is 4.27. The lowest BCUT2D eigenvalue weighted by molar-refractivity contribution is 0.415. The van der Waals surface area contributed by atoms with Crippen molar-refractivity contribution < 1.29 is 9.84 Å². The molecular formula is C13H13NO2. The van der Waals surface area contributed by atoms with Gasteiger partial charge in [0.25, 0.3) is 0 Å². The maximum absolute atomic E-state index is 10.1. The lowest BCUT2D eigenvalue weighted by atomic mass is 10.1. The topological polar surface area (TPSA) is 42.4 Å². The minimum absolute atomic E-state index is 0.254. The normalized spacial score (nSPS) is 10.3. The molecule has 1 N–H and O–H groups in total. The van der Waals surface area contributed by atoms with Gasteiger partial charge in [-0.15, -0.1) is 6.58 Å². The summed E-state index contributed by atoms with van der Waals surface area (Å²) >= 11 is 0. The Morgan fingerprint density at radius 1 is 1.50 bits per heavy atom. The standard InChI is InChI=1S/C13H13NO2/c1-3-4-9-8-14-12-6-5-10(16-2)7-11(12)13(9)15/h3,5-8H,1,4H2,2H3,(H,14,15). The summed E-state index contributed by atoms with van der Waals surface area (Å²) in [7, 11) is 1.60. The maximum atomic E-state index is 10.1. The molecule has 0 saturated heterocycles. The number of aromatic nitrogens is 1. The molecule has 16 heavy (non-hydrogen) atoms. The summed E-state index contributed by atoms with van der Waals surface area (Å²) < 4.78 is 5.12. The first-order chi connectivity index (χ1) is 7.76. The maximum Gasteiger partial charge on any atom is 0.130 e. The van der Waals surface area contributed by atoms with E-state index in [1.807, 2.05) is 12.1 Å². The Balaban J connectivity index is 2.65. The molecule has 0 aliphatic heterocycles. The second-order valence-corrected chi connectivity index (χ2v) is 3.51. The van der Waals surface area contributed by atoms with E-state index in [0.29, 0.717) is 17.6 Å². The zero-order valence-corrected chi connectivity index (χ0v) is 9.10. The summed E-state index contributed by atoms with van der Waals surface area (Å²) in [5, 5.41) is 10.8. The number of hydrogen-bond donors (Lipinski definition) is 1. The van der Waals surface area contributed by atoms with Crippen molar-refractivity contribution in [3.63, 3.8) is 0 Å². The Kier molecular flexibility index (Phi) is 2.77. The van der Waals surface area contributed by atoms with E-state index in [-0.39, 0.29) is 5.75 Å². The van der Waals surface area contributed by atoms with Crippen LogP contribution in [-0.2, 0) is 6.42 Å². The summed E-state index contributed by atoms with van der Waals surface area (Å²) in [6, 6.07) is 5.43. The average Bonchev–Trinajstić information content (AvgIpc) is 2.33. The number of methoxy groups -OCH3 is 1. The molecule has 0 atom stereocenters. The number of benzene rings is 1. The second-order valence-electron chi connectivity index (χ2n) is 3.51. The zero-order chi connectivity index (χ0) is 11.5. The molecule has 3 heteroatoms. The van der Waals surface area contributed by atoms with Crippen molar-refractivity contribution >= 4 is 10.9 Å². The van der Waals surface area contributed by atoms with Crippen LogP contribution in [0.25, 0.3) is 10.9 Å². The summed E-state index contributed by atoms with van der Waals surface area (Å²) in [5.41, 5.74) is 1.53. The van der Waals surface area contributed by atoms with E-state index in [2.05, 4.69) is 11.6 Å². The molecule has 3 nitrogen and oxygen atoms in total. The van der Waals surface area contributed by atoms with Crippen LogP contribution in [0.3, 0.4) is 0 Å². The fourth-order valence-corrected chi connectivity index (χ4v) is 1.63. The Morgan fingerprint density at radius 3 is 3.00 bits per heavy atom. The molecule has 0 bridgehead atoms. The van der Waals surface area contributed by atoms with Crippen LogP contribution in [-0.4, -0.2) is 17.2 Å². The van der Waals surface area contributed by atoms with Gasteiger partial charge in [-0.1, -0.05) is 6.08 Å². The average molecular weight is 215 g/mol. The first kappa shape index (κ1) is 10.5. The van der Waals surface area contributed by atoms with E-state index >= 15 is 0 Å². The van der Waals surface area contributed by atoms with E-state index in [1.54, 1.807) is 25.4 Å². The van der Waals surface area contributed by atoms with Gasteiger partial charge in [0.2, 0.25) is 0 Å². The lowest BCUT2D eigenvalue weighted by Crippen LogP contribution is -1.89. The molecule has 0 radical (unpaired) electrons. The van der Waals surface area contributed by atoms with Crippen molar-refractivity contribution in [2.75, 3.05) is 7.11 Å². The smallest absolute Gasteiger partial charge is 0.130 e. The van der Waals surface area contributed by atoms with Crippen LogP contribution in [0.1, 0.15) is 5.56 Å². The fourth-order valence-electron chi connectivity index (χ4n) is 1.63. The minimum Gasteiger partial charge on any atom is -0.507 e. The third-order valence-corrected chi connectivity index (χ3v) is 2.49. The van der Waals surface area contributed by atoms with Crippen LogP contribution >= 0.6 is 0 Å². The second kappa shape index (κ2) is 4.23. The number of fused-ring (bicyclic) bond motifs is 1. The third kappa shape index (κ3) is 1.72. The van der Waals surface area contributed by atoms with E-state index in [0.717, 1.165) is 11.1 Å². The zero-order valence-electron chi connectivity index (χ0n) is 9.10. The van der Waals surface area contributed by atoms with Gasteiger partial charge in [-0.05, 0) is 24.6 Å². The Morgan fingerprint density at radius 2 is 2.31 bits per heavy atom. The van der Waals surface area contributed by atoms with Gasteiger partial charge in [-0.2, -0.15) is 0 Å². The van der Waals surface area contributed by atoms with Gasteiger partial charge in [0.05, 0.1) is 12.6 Å². The van der Waals surface area contributed by atoms with E-state index in [9.17, 15) is 5.11 Å². The number of hydrogen-bond acceptors (Lipinski definition) is 3. The van der Waals surface area contributed by atoms with Crippen LogP contribution < -0.4 is 4.74 Å². The van der Waals surface area contributed by atoms with Crippen molar-refractivity contribution in [1.29, 1.82) is 0 Å². The van der Waals surface area contributed by atoms with Crippen molar-refractivity contribution in [3.8, 4) is 11.5 Å². The van der Waals surface area contributed by atoms with Gasteiger partial charge in [0, 0.05) is 17.1 Å². The number of nitrogens with zero attached hydrogens (tertiary/aromatic N) is 1. The molecule has 0 saturated carbocycles. The molecule has 0 spiro atoms. The van der Waals surface area contributed by atoms with Crippen LogP contribution in [0.4, 0.5) is 0 Å². The molecule has 0 amide bonds. The third-order valence-electron chi connectivity index (χ3n) is 2.49. The van der Waals surface area contributed by atoms with Gasteiger partial charge in [0.15, 0.2) is 0 Å². The molecule has 82 valence electrons. The highest BCUT2D eigenvalue weighted by atomic mass is 16.5. The molecule has 0 aliphatic rings. The van der Waals surface area contributed by atoms with Crippen LogP contribution in [0.15, 0.2) is 37.1 Å². The first-order valence-corrected chi connectivity index (χ1v) is 5.01. The fraction of sp³-hybridized carbons (Fsp3) is 0.154. The van der Waals surface area contributed by atoms with E-state index < -0.39 is 0 Å². The molecule has 0 fully saturated rings. The molecule has 2 rings (SSSR count). The van der Waals surface area contributed by atoms with Gasteiger partial charge >= 0.3 is 0 Å².